The van der Waals surface area contributed by atoms with Gasteiger partial charge in [0.05, 0.1) is 23.4 Å². The average Bonchev–Trinajstić information content (AvgIpc) is 3.07. The largest absolute Gasteiger partial charge is 0.480 e. The summed E-state index contributed by atoms with van der Waals surface area (Å²) in [5.41, 5.74) is 1.17. The van der Waals surface area contributed by atoms with Crippen LogP contribution in [0.25, 0.3) is 0 Å². The molecule has 0 spiro atoms. The Labute approximate surface area is 221 Å². The molecule has 1 heterocycles. The van der Waals surface area contributed by atoms with E-state index >= 15 is 0 Å². The zero-order chi connectivity index (χ0) is 28.0. The second-order valence-electron chi connectivity index (χ2n) is 9.63. The molecule has 0 saturated carbocycles. The average molecular weight is 545 g/mol. The Hall–Kier alpha value is -3.77. The Kier molecular flexibility index (Phi) is 9.23. The number of carbonyl (C=O) groups is 4. The van der Waals surface area contributed by atoms with Gasteiger partial charge in [-0.1, -0.05) is 44.2 Å². The van der Waals surface area contributed by atoms with Crippen LogP contribution in [0.4, 0.5) is 5.69 Å². The van der Waals surface area contributed by atoms with Crippen molar-refractivity contribution in [1.29, 1.82) is 0 Å². The SMILES string of the molecule is CC(C)C[C@H](N[C@H](CCN1C(=O)c2ccc(NS(C)(=O)=O)cc2C1=O)C(=O)O)C(=O)NCc1ccccc1. The number of carboxylic acids is 1. The van der Waals surface area contributed by atoms with E-state index in [0.29, 0.717) is 13.0 Å². The standard InChI is InChI=1S/C26H32N4O7S/c1-16(2)13-22(23(31)27-15-17-7-5-4-6-8-17)28-21(26(34)35)11-12-30-24(32)19-10-9-18(29-38(3,36)37)14-20(19)25(30)33/h4-10,14,16,21-22,28-29H,11-13,15H2,1-3H3,(H,27,31)(H,34,35)/t21-,22+/m1/s1. The van der Waals surface area contributed by atoms with Crippen molar-refractivity contribution < 1.29 is 32.7 Å². The normalized spacial score (nSPS) is 14.8. The summed E-state index contributed by atoms with van der Waals surface area (Å²) >= 11 is 0. The summed E-state index contributed by atoms with van der Waals surface area (Å²) in [5, 5.41) is 15.5. The van der Waals surface area contributed by atoms with Crippen LogP contribution in [-0.4, -0.2) is 67.0 Å². The number of amides is 3. The molecule has 38 heavy (non-hydrogen) atoms. The Morgan fingerprint density at radius 2 is 1.63 bits per heavy atom. The minimum absolute atomic E-state index is 0.0291. The monoisotopic (exact) mass is 544 g/mol. The van der Waals surface area contributed by atoms with Crippen LogP contribution in [0.15, 0.2) is 48.5 Å². The predicted molar refractivity (Wildman–Crippen MR) is 141 cm³/mol. The number of rotatable bonds is 13. The second-order valence-corrected chi connectivity index (χ2v) is 11.4. The number of anilines is 1. The molecular formula is C26H32N4O7S. The second kappa shape index (κ2) is 12.2. The van der Waals surface area contributed by atoms with Crippen molar-refractivity contribution in [2.45, 2.75) is 45.3 Å². The highest BCUT2D eigenvalue weighted by Gasteiger charge is 2.37. The molecule has 2 aromatic rings. The Morgan fingerprint density at radius 1 is 0.974 bits per heavy atom. The van der Waals surface area contributed by atoms with Gasteiger partial charge in [0, 0.05) is 18.8 Å². The van der Waals surface area contributed by atoms with Crippen molar-refractivity contribution in [1.82, 2.24) is 15.5 Å². The number of hydrogen-bond donors (Lipinski definition) is 4. The van der Waals surface area contributed by atoms with Gasteiger partial charge in [-0.2, -0.15) is 0 Å². The van der Waals surface area contributed by atoms with E-state index in [9.17, 15) is 32.7 Å². The van der Waals surface area contributed by atoms with Gasteiger partial charge in [-0.15, -0.1) is 0 Å². The molecule has 0 fully saturated rings. The summed E-state index contributed by atoms with van der Waals surface area (Å²) in [6.45, 7) is 3.92. The minimum atomic E-state index is -3.58. The van der Waals surface area contributed by atoms with Gasteiger partial charge in [0.25, 0.3) is 11.8 Å². The number of carbonyl (C=O) groups excluding carboxylic acids is 3. The van der Waals surface area contributed by atoms with Gasteiger partial charge in [-0.25, -0.2) is 8.42 Å². The molecule has 11 nitrogen and oxygen atoms in total. The lowest BCUT2D eigenvalue weighted by Gasteiger charge is -2.25. The van der Waals surface area contributed by atoms with Crippen molar-refractivity contribution in [3.8, 4) is 0 Å². The summed E-state index contributed by atoms with van der Waals surface area (Å²) in [7, 11) is -3.58. The van der Waals surface area contributed by atoms with Crippen molar-refractivity contribution in [2.24, 2.45) is 5.92 Å². The molecule has 0 radical (unpaired) electrons. The molecule has 2 atom stereocenters. The highest BCUT2D eigenvalue weighted by atomic mass is 32.2. The van der Waals surface area contributed by atoms with Crippen molar-refractivity contribution >= 4 is 39.4 Å². The van der Waals surface area contributed by atoms with E-state index in [0.717, 1.165) is 16.7 Å². The minimum Gasteiger partial charge on any atom is -0.480 e. The first-order valence-electron chi connectivity index (χ1n) is 12.1. The third-order valence-electron chi connectivity index (χ3n) is 5.95. The number of aliphatic carboxylic acids is 1. The lowest BCUT2D eigenvalue weighted by atomic mass is 10.0. The third-order valence-corrected chi connectivity index (χ3v) is 6.56. The Balaban J connectivity index is 1.68. The topological polar surface area (TPSA) is 162 Å². The fourth-order valence-electron chi connectivity index (χ4n) is 4.18. The summed E-state index contributed by atoms with van der Waals surface area (Å²) < 4.78 is 25.3. The molecule has 3 rings (SSSR count). The number of carboxylic acid groups (broad SMARTS) is 1. The smallest absolute Gasteiger partial charge is 0.320 e. The van der Waals surface area contributed by atoms with Crippen LogP contribution in [0, 0.1) is 5.92 Å². The van der Waals surface area contributed by atoms with Crippen molar-refractivity contribution in [3.63, 3.8) is 0 Å². The quantitative estimate of drug-likeness (QED) is 0.278. The fraction of sp³-hybridized carbons (Fsp3) is 0.385. The number of imide groups is 1. The highest BCUT2D eigenvalue weighted by molar-refractivity contribution is 7.92. The fourth-order valence-corrected chi connectivity index (χ4v) is 4.74. The van der Waals surface area contributed by atoms with Crippen LogP contribution in [0.1, 0.15) is 53.0 Å². The number of nitrogens with zero attached hydrogens (tertiary/aromatic N) is 1. The van der Waals surface area contributed by atoms with E-state index < -0.39 is 39.9 Å². The lowest BCUT2D eigenvalue weighted by molar-refractivity contribution is -0.140. The van der Waals surface area contributed by atoms with E-state index in [-0.39, 0.29) is 41.6 Å². The van der Waals surface area contributed by atoms with E-state index in [1.165, 1.54) is 18.2 Å². The van der Waals surface area contributed by atoms with Crippen LogP contribution in [0.2, 0.25) is 0 Å². The predicted octanol–water partition coefficient (Wildman–Crippen LogP) is 1.82. The number of hydrogen-bond acceptors (Lipinski definition) is 7. The number of benzene rings is 2. The van der Waals surface area contributed by atoms with Crippen LogP contribution in [0.3, 0.4) is 0 Å². The maximum atomic E-state index is 12.9. The van der Waals surface area contributed by atoms with Gasteiger partial charge in [0.2, 0.25) is 15.9 Å². The summed E-state index contributed by atoms with van der Waals surface area (Å²) in [6.07, 6.45) is 1.22. The molecule has 3 amide bonds. The van der Waals surface area contributed by atoms with Gasteiger partial charge < -0.3 is 10.4 Å². The molecule has 2 aromatic carbocycles. The molecule has 4 N–H and O–H groups in total. The Bertz CT molecular complexity index is 1310. The lowest BCUT2D eigenvalue weighted by Crippen LogP contribution is -2.52. The van der Waals surface area contributed by atoms with E-state index in [1.54, 1.807) is 0 Å². The molecule has 0 bridgehead atoms. The molecule has 12 heteroatoms. The van der Waals surface area contributed by atoms with E-state index in [1.807, 2.05) is 44.2 Å². The van der Waals surface area contributed by atoms with Crippen LogP contribution >= 0.6 is 0 Å². The summed E-state index contributed by atoms with van der Waals surface area (Å²) in [4.78, 5) is 51.6. The zero-order valence-corrected chi connectivity index (χ0v) is 22.2. The number of sulfonamides is 1. The molecular weight excluding hydrogens is 512 g/mol. The molecule has 0 saturated heterocycles. The first-order chi connectivity index (χ1) is 17.9. The van der Waals surface area contributed by atoms with Crippen LogP contribution in [-0.2, 0) is 26.2 Å². The van der Waals surface area contributed by atoms with E-state index in [2.05, 4.69) is 15.4 Å². The molecule has 1 aliphatic rings. The first-order valence-corrected chi connectivity index (χ1v) is 14.0. The van der Waals surface area contributed by atoms with E-state index in [4.69, 9.17) is 0 Å². The van der Waals surface area contributed by atoms with Crippen LogP contribution < -0.4 is 15.4 Å². The summed E-state index contributed by atoms with van der Waals surface area (Å²) in [5.74, 6) is -2.72. The number of fused-ring (bicyclic) bond motifs is 1. The van der Waals surface area contributed by atoms with Gasteiger partial charge in [0.1, 0.15) is 6.04 Å². The molecule has 0 aromatic heterocycles. The molecule has 204 valence electrons. The molecule has 0 unspecified atom stereocenters. The highest BCUT2D eigenvalue weighted by Crippen LogP contribution is 2.26. The summed E-state index contributed by atoms with van der Waals surface area (Å²) in [6, 6.07) is 11.3. The van der Waals surface area contributed by atoms with Gasteiger partial charge in [-0.3, -0.25) is 34.1 Å². The Morgan fingerprint density at radius 3 is 2.24 bits per heavy atom. The third kappa shape index (κ3) is 7.62. The molecule has 1 aliphatic heterocycles. The number of nitrogens with one attached hydrogen (secondary N) is 3. The van der Waals surface area contributed by atoms with Gasteiger partial charge in [0.15, 0.2) is 0 Å². The molecule has 0 aliphatic carbocycles. The van der Waals surface area contributed by atoms with Crippen LogP contribution in [0.5, 0.6) is 0 Å². The zero-order valence-electron chi connectivity index (χ0n) is 21.4. The maximum absolute atomic E-state index is 12.9. The van der Waals surface area contributed by atoms with Gasteiger partial charge in [-0.05, 0) is 42.5 Å². The first kappa shape index (κ1) is 28.8. The van der Waals surface area contributed by atoms with Gasteiger partial charge >= 0.3 is 5.97 Å². The van der Waals surface area contributed by atoms with Crippen molar-refractivity contribution in [3.05, 3.63) is 65.2 Å². The maximum Gasteiger partial charge on any atom is 0.320 e. The van der Waals surface area contributed by atoms with Crippen molar-refractivity contribution in [2.75, 3.05) is 17.5 Å².